The third kappa shape index (κ3) is 2.33. The maximum Gasteiger partial charge on any atom is 0.288 e. The van der Waals surface area contributed by atoms with Crippen LogP contribution in [0.25, 0.3) is 11.0 Å². The van der Waals surface area contributed by atoms with Crippen LogP contribution in [0.15, 0.2) is 42.6 Å². The zero-order valence-electron chi connectivity index (χ0n) is 11.2. The van der Waals surface area contributed by atoms with Gasteiger partial charge >= 0.3 is 0 Å². The number of aromatic nitrogens is 2. The Kier molecular flexibility index (Phi) is 3.18. The van der Waals surface area contributed by atoms with E-state index in [0.717, 1.165) is 6.20 Å². The molecule has 1 amide bonds. The third-order valence-corrected chi connectivity index (χ3v) is 3.15. The summed E-state index contributed by atoms with van der Waals surface area (Å²) < 4.78 is 0. The molecule has 0 bridgehead atoms. The van der Waals surface area contributed by atoms with Gasteiger partial charge in [0, 0.05) is 17.1 Å². The Morgan fingerprint density at radius 1 is 1.32 bits per heavy atom. The van der Waals surface area contributed by atoms with Crippen molar-refractivity contribution in [1.29, 1.82) is 0 Å². The fourth-order valence-electron chi connectivity index (χ4n) is 2.07. The molecule has 0 radical (unpaired) electrons. The van der Waals surface area contributed by atoms with Gasteiger partial charge in [-0.25, -0.2) is 4.98 Å². The van der Waals surface area contributed by atoms with Gasteiger partial charge in [0.2, 0.25) is 0 Å². The lowest BCUT2D eigenvalue weighted by Crippen LogP contribution is -2.13. The van der Waals surface area contributed by atoms with Crippen LogP contribution >= 0.6 is 0 Å². The SMILES string of the molecule is Nc1c(C(=O)Nc2ccccc2)[nH]c2ncc([N+](=O)[O-])cc12. The second-order valence-corrected chi connectivity index (χ2v) is 4.58. The van der Waals surface area contributed by atoms with E-state index < -0.39 is 10.8 Å². The summed E-state index contributed by atoms with van der Waals surface area (Å²) in [6, 6.07) is 10.2. The lowest BCUT2D eigenvalue weighted by Gasteiger charge is -2.03. The molecule has 4 N–H and O–H groups in total. The van der Waals surface area contributed by atoms with Gasteiger partial charge in [-0.1, -0.05) is 18.2 Å². The minimum absolute atomic E-state index is 0.117. The van der Waals surface area contributed by atoms with E-state index in [4.69, 9.17) is 5.73 Å². The number of aromatic amines is 1. The number of carbonyl (C=O) groups excluding carboxylic acids is 1. The van der Waals surface area contributed by atoms with Crippen LogP contribution < -0.4 is 11.1 Å². The van der Waals surface area contributed by atoms with Crippen LogP contribution in [0.5, 0.6) is 0 Å². The average Bonchev–Trinajstić information content (AvgIpc) is 2.85. The Balaban J connectivity index is 1.99. The van der Waals surface area contributed by atoms with Crippen LogP contribution in [0, 0.1) is 10.1 Å². The molecule has 8 nitrogen and oxygen atoms in total. The maximum absolute atomic E-state index is 12.2. The number of rotatable bonds is 3. The van der Waals surface area contributed by atoms with Gasteiger partial charge in [-0.3, -0.25) is 14.9 Å². The number of nitro groups is 1. The number of benzene rings is 1. The first-order valence-corrected chi connectivity index (χ1v) is 6.34. The molecule has 3 aromatic rings. The summed E-state index contributed by atoms with van der Waals surface area (Å²) >= 11 is 0. The molecule has 2 aromatic heterocycles. The smallest absolute Gasteiger partial charge is 0.288 e. The molecule has 0 aliphatic heterocycles. The Labute approximate surface area is 124 Å². The topological polar surface area (TPSA) is 127 Å². The number of hydrogen-bond donors (Lipinski definition) is 3. The van der Waals surface area contributed by atoms with Gasteiger partial charge in [0.05, 0.1) is 10.6 Å². The van der Waals surface area contributed by atoms with Crippen molar-refractivity contribution in [3.05, 3.63) is 58.4 Å². The molecular weight excluding hydrogens is 286 g/mol. The van der Waals surface area contributed by atoms with E-state index in [0.29, 0.717) is 16.7 Å². The highest BCUT2D eigenvalue weighted by molar-refractivity contribution is 6.12. The number of para-hydroxylation sites is 1. The predicted octanol–water partition coefficient (Wildman–Crippen LogP) is 2.31. The Bertz CT molecular complexity index is 873. The van der Waals surface area contributed by atoms with Crippen molar-refractivity contribution in [2.45, 2.75) is 0 Å². The Morgan fingerprint density at radius 3 is 2.73 bits per heavy atom. The monoisotopic (exact) mass is 297 g/mol. The van der Waals surface area contributed by atoms with E-state index in [1.807, 2.05) is 6.07 Å². The summed E-state index contributed by atoms with van der Waals surface area (Å²) in [6.45, 7) is 0. The Morgan fingerprint density at radius 2 is 2.05 bits per heavy atom. The third-order valence-electron chi connectivity index (χ3n) is 3.15. The molecule has 0 aliphatic rings. The van der Waals surface area contributed by atoms with Gasteiger partial charge in [0.15, 0.2) is 0 Å². The summed E-state index contributed by atoms with van der Waals surface area (Å²) in [6.07, 6.45) is 1.11. The first-order chi connectivity index (χ1) is 10.6. The average molecular weight is 297 g/mol. The molecule has 1 aromatic carbocycles. The minimum Gasteiger partial charge on any atom is -0.396 e. The van der Waals surface area contributed by atoms with Crippen LogP contribution in [-0.2, 0) is 0 Å². The predicted molar refractivity (Wildman–Crippen MR) is 81.6 cm³/mol. The molecule has 110 valence electrons. The largest absolute Gasteiger partial charge is 0.396 e. The van der Waals surface area contributed by atoms with Crippen LogP contribution in [0.3, 0.4) is 0 Å². The van der Waals surface area contributed by atoms with E-state index in [1.165, 1.54) is 6.07 Å². The van der Waals surface area contributed by atoms with Gasteiger partial charge in [-0.2, -0.15) is 0 Å². The number of carbonyl (C=O) groups is 1. The molecule has 0 saturated carbocycles. The fourth-order valence-corrected chi connectivity index (χ4v) is 2.07. The van der Waals surface area contributed by atoms with E-state index >= 15 is 0 Å². The summed E-state index contributed by atoms with van der Waals surface area (Å²) in [5.41, 5.74) is 6.90. The first-order valence-electron chi connectivity index (χ1n) is 6.34. The van der Waals surface area contributed by atoms with E-state index in [1.54, 1.807) is 24.3 Å². The van der Waals surface area contributed by atoms with Crippen LogP contribution in [-0.4, -0.2) is 20.8 Å². The summed E-state index contributed by atoms with van der Waals surface area (Å²) in [5.74, 6) is -0.440. The van der Waals surface area contributed by atoms with Crippen molar-refractivity contribution in [2.24, 2.45) is 0 Å². The molecule has 3 rings (SSSR count). The Hall–Kier alpha value is -3.42. The highest BCUT2D eigenvalue weighted by atomic mass is 16.6. The standard InChI is InChI=1S/C14H11N5O3/c15-11-10-6-9(19(21)22)7-16-13(10)18-12(11)14(20)17-8-4-2-1-3-5-8/h1-7H,15H2,(H,16,18)(H,17,20). The number of nitrogens with one attached hydrogen (secondary N) is 2. The van der Waals surface area contributed by atoms with Crippen LogP contribution in [0.2, 0.25) is 0 Å². The normalized spacial score (nSPS) is 10.5. The molecular formula is C14H11N5O3. The molecule has 8 heteroatoms. The van der Waals surface area contributed by atoms with Crippen molar-refractivity contribution in [1.82, 2.24) is 9.97 Å². The number of fused-ring (bicyclic) bond motifs is 1. The van der Waals surface area contributed by atoms with Crippen molar-refractivity contribution < 1.29 is 9.72 Å². The van der Waals surface area contributed by atoms with E-state index in [-0.39, 0.29) is 17.1 Å². The lowest BCUT2D eigenvalue weighted by molar-refractivity contribution is -0.385. The quantitative estimate of drug-likeness (QED) is 0.505. The zero-order valence-corrected chi connectivity index (χ0v) is 11.2. The highest BCUT2D eigenvalue weighted by Crippen LogP contribution is 2.27. The number of nitrogens with two attached hydrogens (primary N) is 1. The number of nitrogen functional groups attached to an aromatic ring is 1. The number of hydrogen-bond acceptors (Lipinski definition) is 5. The summed E-state index contributed by atoms with van der Waals surface area (Å²) in [4.78, 5) is 29.1. The van der Waals surface area contributed by atoms with Crippen molar-refractivity contribution in [2.75, 3.05) is 11.1 Å². The molecule has 0 atom stereocenters. The van der Waals surface area contributed by atoms with Gasteiger partial charge in [-0.05, 0) is 12.1 Å². The summed E-state index contributed by atoms with van der Waals surface area (Å²) in [7, 11) is 0. The molecule has 0 saturated heterocycles. The first kappa shape index (κ1) is 13.6. The lowest BCUT2D eigenvalue weighted by atomic mass is 10.2. The minimum atomic E-state index is -0.567. The second-order valence-electron chi connectivity index (χ2n) is 4.58. The molecule has 0 unspecified atom stereocenters. The maximum atomic E-state index is 12.2. The fraction of sp³-hybridized carbons (Fsp3) is 0. The van der Waals surface area contributed by atoms with E-state index in [2.05, 4.69) is 15.3 Å². The molecule has 0 aliphatic carbocycles. The van der Waals surface area contributed by atoms with Crippen molar-refractivity contribution in [3.8, 4) is 0 Å². The zero-order chi connectivity index (χ0) is 15.7. The van der Waals surface area contributed by atoms with Crippen molar-refractivity contribution in [3.63, 3.8) is 0 Å². The number of nitrogens with zero attached hydrogens (tertiary/aromatic N) is 2. The number of H-pyrrole nitrogens is 1. The van der Waals surface area contributed by atoms with Gasteiger partial charge in [0.25, 0.3) is 11.6 Å². The van der Waals surface area contributed by atoms with Crippen LogP contribution in [0.4, 0.5) is 17.1 Å². The van der Waals surface area contributed by atoms with Crippen LogP contribution in [0.1, 0.15) is 10.5 Å². The van der Waals surface area contributed by atoms with E-state index in [9.17, 15) is 14.9 Å². The molecule has 0 spiro atoms. The van der Waals surface area contributed by atoms with Gasteiger partial charge in [0.1, 0.15) is 17.5 Å². The molecule has 2 heterocycles. The van der Waals surface area contributed by atoms with Gasteiger partial charge in [-0.15, -0.1) is 0 Å². The highest BCUT2D eigenvalue weighted by Gasteiger charge is 2.19. The number of anilines is 2. The molecule has 0 fully saturated rings. The van der Waals surface area contributed by atoms with Crippen molar-refractivity contribution >= 4 is 34.0 Å². The van der Waals surface area contributed by atoms with Gasteiger partial charge < -0.3 is 16.0 Å². The molecule has 22 heavy (non-hydrogen) atoms. The second kappa shape index (κ2) is 5.17. The summed E-state index contributed by atoms with van der Waals surface area (Å²) in [5, 5.41) is 13.8. The number of pyridine rings is 1. The number of amides is 1.